The lowest BCUT2D eigenvalue weighted by Crippen LogP contribution is -2.39. The van der Waals surface area contributed by atoms with Gasteiger partial charge in [0, 0.05) is 18.0 Å². The summed E-state index contributed by atoms with van der Waals surface area (Å²) >= 11 is 0. The second-order valence-corrected chi connectivity index (χ2v) is 6.83. The predicted molar refractivity (Wildman–Crippen MR) is 92.5 cm³/mol. The first kappa shape index (κ1) is 17.1. The number of carboxylic acid groups (broad SMARTS) is 1. The Morgan fingerprint density at radius 1 is 1.28 bits per heavy atom. The average Bonchev–Trinajstić information content (AvgIpc) is 3.39. The van der Waals surface area contributed by atoms with Gasteiger partial charge in [0.1, 0.15) is 6.54 Å². The summed E-state index contributed by atoms with van der Waals surface area (Å²) in [5, 5.41) is 14.3. The van der Waals surface area contributed by atoms with Gasteiger partial charge in [-0.15, -0.1) is 0 Å². The summed E-state index contributed by atoms with van der Waals surface area (Å²) in [6.07, 6.45) is 1.59. The molecule has 1 aliphatic carbocycles. The molecule has 1 amide bonds. The van der Waals surface area contributed by atoms with E-state index in [0.29, 0.717) is 17.3 Å². The standard InChI is InChI=1S/C18H21N3O4/c1-11(2)9-21-17(24)14-6-4-3-5-13(14)16(19-21)18(25)20(10-15(22)23)12-7-8-12/h3-6,11-12H,7-10H2,1-2H3,(H,22,23). The number of benzene rings is 1. The van der Waals surface area contributed by atoms with Crippen LogP contribution in [0.5, 0.6) is 0 Å². The molecular formula is C18H21N3O4. The van der Waals surface area contributed by atoms with Crippen LogP contribution in [0.2, 0.25) is 0 Å². The molecule has 0 saturated heterocycles. The molecule has 25 heavy (non-hydrogen) atoms. The van der Waals surface area contributed by atoms with Gasteiger partial charge in [0.2, 0.25) is 0 Å². The molecular weight excluding hydrogens is 322 g/mol. The number of hydrogen-bond donors (Lipinski definition) is 1. The molecule has 1 aliphatic rings. The zero-order chi connectivity index (χ0) is 18.1. The van der Waals surface area contributed by atoms with Gasteiger partial charge in [0.15, 0.2) is 5.69 Å². The highest BCUT2D eigenvalue weighted by Crippen LogP contribution is 2.28. The van der Waals surface area contributed by atoms with Crippen molar-refractivity contribution in [2.24, 2.45) is 5.92 Å². The van der Waals surface area contributed by atoms with Crippen LogP contribution in [0, 0.1) is 5.92 Å². The smallest absolute Gasteiger partial charge is 0.323 e. The highest BCUT2D eigenvalue weighted by molar-refractivity contribution is 6.05. The van der Waals surface area contributed by atoms with Gasteiger partial charge in [-0.1, -0.05) is 32.0 Å². The quantitative estimate of drug-likeness (QED) is 0.862. The van der Waals surface area contributed by atoms with Crippen molar-refractivity contribution < 1.29 is 14.7 Å². The lowest BCUT2D eigenvalue weighted by Gasteiger charge is -2.21. The third-order valence-electron chi connectivity index (χ3n) is 4.16. The number of aliphatic carboxylic acids is 1. The van der Waals surface area contributed by atoms with Gasteiger partial charge in [0.05, 0.1) is 5.39 Å². The molecule has 0 bridgehead atoms. The van der Waals surface area contributed by atoms with Crippen molar-refractivity contribution in [1.29, 1.82) is 0 Å². The SMILES string of the molecule is CC(C)Cn1nc(C(=O)N(CC(=O)O)C2CC2)c2ccccc2c1=O. The number of amides is 1. The largest absolute Gasteiger partial charge is 0.480 e. The Morgan fingerprint density at radius 2 is 1.92 bits per heavy atom. The number of nitrogens with zero attached hydrogens (tertiary/aromatic N) is 3. The molecule has 7 nitrogen and oxygen atoms in total. The van der Waals surface area contributed by atoms with Crippen LogP contribution < -0.4 is 5.56 Å². The van der Waals surface area contributed by atoms with Gasteiger partial charge in [-0.2, -0.15) is 5.10 Å². The Labute approximate surface area is 144 Å². The Bertz CT molecular complexity index is 884. The van der Waals surface area contributed by atoms with Gasteiger partial charge < -0.3 is 10.0 Å². The molecule has 1 heterocycles. The predicted octanol–water partition coefficient (Wildman–Crippen LogP) is 1.74. The van der Waals surface area contributed by atoms with Crippen LogP contribution in [0.4, 0.5) is 0 Å². The molecule has 1 saturated carbocycles. The minimum absolute atomic E-state index is 0.0605. The molecule has 1 fully saturated rings. The summed E-state index contributed by atoms with van der Waals surface area (Å²) < 4.78 is 1.31. The Hall–Kier alpha value is -2.70. The molecule has 0 atom stereocenters. The third kappa shape index (κ3) is 3.55. The van der Waals surface area contributed by atoms with Crippen LogP contribution in [0.25, 0.3) is 10.8 Å². The van der Waals surface area contributed by atoms with Gasteiger partial charge in [-0.05, 0) is 24.8 Å². The van der Waals surface area contributed by atoms with E-state index < -0.39 is 11.9 Å². The average molecular weight is 343 g/mol. The molecule has 7 heteroatoms. The molecule has 2 aromatic rings. The van der Waals surface area contributed by atoms with E-state index in [1.165, 1.54) is 9.58 Å². The van der Waals surface area contributed by atoms with Crippen molar-refractivity contribution >= 4 is 22.6 Å². The van der Waals surface area contributed by atoms with Gasteiger partial charge >= 0.3 is 5.97 Å². The normalized spacial score (nSPS) is 14.0. The van der Waals surface area contributed by atoms with E-state index in [-0.39, 0.29) is 29.8 Å². The minimum Gasteiger partial charge on any atom is -0.480 e. The van der Waals surface area contributed by atoms with Crippen molar-refractivity contribution in [3.05, 3.63) is 40.3 Å². The summed E-state index contributed by atoms with van der Waals surface area (Å²) in [6.45, 7) is 3.96. The van der Waals surface area contributed by atoms with Crippen LogP contribution in [0.3, 0.4) is 0 Å². The van der Waals surface area contributed by atoms with Gasteiger partial charge in [-0.25, -0.2) is 4.68 Å². The summed E-state index contributed by atoms with van der Waals surface area (Å²) in [6, 6.07) is 6.78. The fourth-order valence-electron chi connectivity index (χ4n) is 2.90. The molecule has 132 valence electrons. The van der Waals surface area contributed by atoms with Crippen LogP contribution in [0.15, 0.2) is 29.1 Å². The van der Waals surface area contributed by atoms with Crippen molar-refractivity contribution in [3.63, 3.8) is 0 Å². The molecule has 1 aromatic heterocycles. The third-order valence-corrected chi connectivity index (χ3v) is 4.16. The Balaban J connectivity index is 2.13. The summed E-state index contributed by atoms with van der Waals surface area (Å²) in [4.78, 5) is 38.1. The zero-order valence-electron chi connectivity index (χ0n) is 14.3. The fourth-order valence-corrected chi connectivity index (χ4v) is 2.90. The van der Waals surface area contributed by atoms with Crippen LogP contribution in [0.1, 0.15) is 37.2 Å². The molecule has 0 spiro atoms. The molecule has 3 rings (SSSR count). The van der Waals surface area contributed by atoms with E-state index in [1.807, 2.05) is 13.8 Å². The molecule has 0 unspecified atom stereocenters. The Kier molecular flexibility index (Phi) is 4.57. The maximum absolute atomic E-state index is 13.0. The number of hydrogen-bond acceptors (Lipinski definition) is 4. The molecule has 1 N–H and O–H groups in total. The van der Waals surface area contributed by atoms with Crippen LogP contribution in [-0.2, 0) is 11.3 Å². The Morgan fingerprint density at radius 3 is 2.48 bits per heavy atom. The number of carbonyl (C=O) groups is 2. The lowest BCUT2D eigenvalue weighted by atomic mass is 10.1. The van der Waals surface area contributed by atoms with E-state index in [4.69, 9.17) is 5.11 Å². The summed E-state index contributed by atoms with van der Waals surface area (Å²) in [5.74, 6) is -1.30. The second kappa shape index (κ2) is 6.66. The number of carboxylic acids is 1. The van der Waals surface area contributed by atoms with E-state index in [2.05, 4.69) is 5.10 Å². The van der Waals surface area contributed by atoms with Crippen molar-refractivity contribution in [2.45, 2.75) is 39.3 Å². The van der Waals surface area contributed by atoms with E-state index in [9.17, 15) is 14.4 Å². The van der Waals surface area contributed by atoms with Crippen molar-refractivity contribution in [2.75, 3.05) is 6.54 Å². The monoisotopic (exact) mass is 343 g/mol. The fraction of sp³-hybridized carbons (Fsp3) is 0.444. The summed E-state index contributed by atoms with van der Waals surface area (Å²) in [7, 11) is 0. The van der Waals surface area contributed by atoms with Gasteiger partial charge in [0.25, 0.3) is 11.5 Å². The second-order valence-electron chi connectivity index (χ2n) is 6.83. The van der Waals surface area contributed by atoms with Crippen molar-refractivity contribution in [3.8, 4) is 0 Å². The minimum atomic E-state index is -1.06. The topological polar surface area (TPSA) is 92.5 Å². The first-order valence-electron chi connectivity index (χ1n) is 8.41. The van der Waals surface area contributed by atoms with E-state index in [0.717, 1.165) is 12.8 Å². The highest BCUT2D eigenvalue weighted by atomic mass is 16.4. The number of rotatable bonds is 6. The zero-order valence-corrected chi connectivity index (χ0v) is 14.3. The van der Waals surface area contributed by atoms with Gasteiger partial charge in [-0.3, -0.25) is 14.4 Å². The molecule has 0 radical (unpaired) electrons. The summed E-state index contributed by atoms with van der Waals surface area (Å²) in [5.41, 5.74) is -0.0962. The molecule has 0 aliphatic heterocycles. The van der Waals surface area contributed by atoms with Crippen molar-refractivity contribution in [1.82, 2.24) is 14.7 Å². The number of carbonyl (C=O) groups excluding carboxylic acids is 1. The maximum atomic E-state index is 13.0. The van der Waals surface area contributed by atoms with Crippen LogP contribution >= 0.6 is 0 Å². The first-order chi connectivity index (χ1) is 11.9. The van der Waals surface area contributed by atoms with Crippen LogP contribution in [-0.4, -0.2) is 44.3 Å². The lowest BCUT2D eigenvalue weighted by molar-refractivity contribution is -0.137. The maximum Gasteiger partial charge on any atom is 0.323 e. The number of fused-ring (bicyclic) bond motifs is 1. The first-order valence-corrected chi connectivity index (χ1v) is 8.41. The van der Waals surface area contributed by atoms with E-state index in [1.54, 1.807) is 24.3 Å². The van der Waals surface area contributed by atoms with E-state index >= 15 is 0 Å². The number of aromatic nitrogens is 2. The molecule has 1 aromatic carbocycles. The highest BCUT2D eigenvalue weighted by Gasteiger charge is 2.36.